The lowest BCUT2D eigenvalue weighted by molar-refractivity contribution is -0.215. The highest BCUT2D eigenvalue weighted by Gasteiger charge is 2.29. The van der Waals surface area contributed by atoms with Crippen molar-refractivity contribution >= 4 is 33.5 Å². The molecule has 0 aliphatic heterocycles. The Labute approximate surface area is 114 Å². The fourth-order valence-corrected chi connectivity index (χ4v) is 2.02. The van der Waals surface area contributed by atoms with Crippen LogP contribution in [0.15, 0.2) is 28.2 Å². The van der Waals surface area contributed by atoms with Crippen molar-refractivity contribution in [1.29, 1.82) is 0 Å². The quantitative estimate of drug-likeness (QED) is 0.430. The van der Waals surface area contributed by atoms with Crippen LogP contribution in [0.4, 0.5) is 5.69 Å². The van der Waals surface area contributed by atoms with Crippen LogP contribution >= 0.6 is 0 Å². The average molecular weight is 298 g/mol. The Morgan fingerprint density at radius 2 is 2.05 bits per heavy atom. The average Bonchev–Trinajstić information content (AvgIpc) is 2.59. The highest BCUT2D eigenvalue weighted by molar-refractivity contribution is 7.89. The summed E-state index contributed by atoms with van der Waals surface area (Å²) in [5, 5.41) is 18.2. The van der Waals surface area contributed by atoms with Crippen molar-refractivity contribution in [2.24, 2.45) is 4.40 Å². The number of rotatable bonds is 4. The number of aliphatic hydroxyl groups is 1. The molecule has 8 nitrogen and oxygen atoms in total. The van der Waals surface area contributed by atoms with Gasteiger partial charge in [0.2, 0.25) is 10.0 Å². The van der Waals surface area contributed by atoms with Crippen molar-refractivity contribution in [2.75, 3.05) is 11.7 Å². The summed E-state index contributed by atoms with van der Waals surface area (Å²) >= 11 is 0. The maximum absolute atomic E-state index is 12.0. The Bertz CT molecular complexity index is 735. The largest absolute Gasteiger partial charge is 0.506 e. The second-order valence-corrected chi connectivity index (χ2v) is 5.69. The number of allylic oxidation sites excluding steroid dienone is 1. The maximum atomic E-state index is 12.0. The Balaban J connectivity index is 2.46. The van der Waals surface area contributed by atoms with Crippen molar-refractivity contribution in [1.82, 2.24) is 0 Å². The molecule has 9 heteroatoms. The van der Waals surface area contributed by atoms with Gasteiger partial charge in [-0.15, -0.1) is 4.99 Å². The predicted molar refractivity (Wildman–Crippen MR) is 71.0 cm³/mol. The smallest absolute Gasteiger partial charge is 0.250 e. The van der Waals surface area contributed by atoms with E-state index in [-0.39, 0.29) is 22.5 Å². The Morgan fingerprint density at radius 1 is 1.35 bits per heavy atom. The van der Waals surface area contributed by atoms with Gasteiger partial charge in [0.15, 0.2) is 5.78 Å². The molecule has 0 fully saturated rings. The number of benzene rings is 1. The minimum atomic E-state index is -3.66. The Hall–Kier alpha value is -2.23. The zero-order valence-electron chi connectivity index (χ0n) is 10.2. The van der Waals surface area contributed by atoms with E-state index in [0.717, 1.165) is 12.5 Å². The summed E-state index contributed by atoms with van der Waals surface area (Å²) in [5.74, 6) is -0.930. The zero-order chi connectivity index (χ0) is 14.9. The Kier molecular flexibility index (Phi) is 3.57. The highest BCUT2D eigenvalue weighted by Crippen LogP contribution is 2.32. The standard InChI is InChI=1S/C11H10N2O6S/c1-20(17,18)12-5-9-10(14)7-3-2-6(13-19-16)4-8(7)11(9)15/h2-5,13,15-16H,1H3/b12-5+. The van der Waals surface area contributed by atoms with Gasteiger partial charge in [-0.2, -0.15) is 4.40 Å². The first-order valence-corrected chi connectivity index (χ1v) is 7.12. The molecule has 0 atom stereocenters. The lowest BCUT2D eigenvalue weighted by atomic mass is 10.1. The first-order chi connectivity index (χ1) is 9.33. The number of sulfonamides is 1. The Morgan fingerprint density at radius 3 is 2.65 bits per heavy atom. The molecule has 0 unspecified atom stereocenters. The maximum Gasteiger partial charge on any atom is 0.250 e. The number of nitrogens with zero attached hydrogens (tertiary/aromatic N) is 1. The van der Waals surface area contributed by atoms with Crippen LogP contribution in [0.1, 0.15) is 15.9 Å². The van der Waals surface area contributed by atoms with Gasteiger partial charge < -0.3 is 5.11 Å². The molecule has 3 N–H and O–H groups in total. The number of anilines is 1. The van der Waals surface area contributed by atoms with E-state index < -0.39 is 15.8 Å². The number of hydrogen-bond donors (Lipinski definition) is 3. The van der Waals surface area contributed by atoms with Crippen LogP contribution in [0, 0.1) is 0 Å². The molecule has 0 saturated heterocycles. The molecule has 0 heterocycles. The van der Waals surface area contributed by atoms with Crippen molar-refractivity contribution in [2.45, 2.75) is 0 Å². The third kappa shape index (κ3) is 2.69. The molecule has 0 bridgehead atoms. The molecule has 0 spiro atoms. The van der Waals surface area contributed by atoms with Gasteiger partial charge in [0.05, 0.1) is 23.7 Å². The van der Waals surface area contributed by atoms with Crippen LogP contribution in [0.2, 0.25) is 0 Å². The van der Waals surface area contributed by atoms with Crippen molar-refractivity contribution in [3.8, 4) is 0 Å². The third-order valence-corrected chi connectivity index (χ3v) is 3.04. The molecule has 1 aromatic carbocycles. The van der Waals surface area contributed by atoms with Crippen molar-refractivity contribution in [3.63, 3.8) is 0 Å². The molecular weight excluding hydrogens is 288 g/mol. The molecule has 2 rings (SSSR count). The predicted octanol–water partition coefficient (Wildman–Crippen LogP) is 0.999. The van der Waals surface area contributed by atoms with Gasteiger partial charge in [-0.05, 0) is 18.2 Å². The van der Waals surface area contributed by atoms with Crippen LogP contribution in [0.3, 0.4) is 0 Å². The summed E-state index contributed by atoms with van der Waals surface area (Å²) in [4.78, 5) is 15.7. The van der Waals surface area contributed by atoms with E-state index in [9.17, 15) is 18.3 Å². The lowest BCUT2D eigenvalue weighted by Gasteiger charge is -2.03. The van der Waals surface area contributed by atoms with Gasteiger partial charge in [-0.25, -0.2) is 19.2 Å². The summed E-state index contributed by atoms with van der Waals surface area (Å²) in [6.07, 6.45) is 1.68. The van der Waals surface area contributed by atoms with E-state index in [0.29, 0.717) is 5.69 Å². The minimum absolute atomic E-state index is 0.187. The second-order valence-electron chi connectivity index (χ2n) is 4.01. The number of aliphatic hydroxyl groups excluding tert-OH is 1. The summed E-state index contributed by atoms with van der Waals surface area (Å²) < 4.78 is 25.1. The molecular formula is C11H10N2O6S. The van der Waals surface area contributed by atoms with Crippen LogP contribution in [0.25, 0.3) is 5.76 Å². The molecule has 0 radical (unpaired) electrons. The van der Waals surface area contributed by atoms with Crippen molar-refractivity contribution < 1.29 is 28.6 Å². The van der Waals surface area contributed by atoms with Crippen LogP contribution in [-0.2, 0) is 15.0 Å². The molecule has 1 aromatic rings. The van der Waals surface area contributed by atoms with E-state index in [2.05, 4.69) is 14.9 Å². The van der Waals surface area contributed by atoms with Crippen LogP contribution in [0.5, 0.6) is 0 Å². The van der Waals surface area contributed by atoms with Gasteiger partial charge in [-0.3, -0.25) is 4.79 Å². The second kappa shape index (κ2) is 5.04. The van der Waals surface area contributed by atoms with Crippen molar-refractivity contribution in [3.05, 3.63) is 34.9 Å². The van der Waals surface area contributed by atoms with Gasteiger partial charge >= 0.3 is 0 Å². The summed E-state index contributed by atoms with van der Waals surface area (Å²) in [6.45, 7) is 0. The molecule has 0 saturated carbocycles. The first kappa shape index (κ1) is 14.2. The minimum Gasteiger partial charge on any atom is -0.506 e. The SMILES string of the molecule is CS(=O)(=O)/N=C/C1=C(O)c2cc(NOO)ccc2C1=O. The monoisotopic (exact) mass is 298 g/mol. The van der Waals surface area contributed by atoms with E-state index in [1.807, 2.05) is 0 Å². The number of fused-ring (bicyclic) bond motifs is 1. The number of nitrogens with one attached hydrogen (secondary N) is 1. The molecule has 106 valence electrons. The number of carbonyl (C=O) groups excluding carboxylic acids is 1. The fourth-order valence-electron chi connectivity index (χ4n) is 1.72. The summed E-state index contributed by atoms with van der Waals surface area (Å²) in [6, 6.07) is 4.20. The van der Waals surface area contributed by atoms with E-state index in [4.69, 9.17) is 5.26 Å². The molecule has 0 aromatic heterocycles. The number of Topliss-reactive ketones (excluding diaryl/α,β-unsaturated/α-hetero) is 1. The van der Waals surface area contributed by atoms with E-state index in [1.165, 1.54) is 18.2 Å². The molecule has 1 aliphatic rings. The highest BCUT2D eigenvalue weighted by atomic mass is 32.2. The fraction of sp³-hybridized carbons (Fsp3) is 0.0909. The van der Waals surface area contributed by atoms with Gasteiger partial charge in [0.1, 0.15) is 5.76 Å². The number of ketones is 1. The number of carbonyl (C=O) groups is 1. The summed E-state index contributed by atoms with van der Waals surface area (Å²) in [5.41, 5.74) is 2.59. The van der Waals surface area contributed by atoms with Gasteiger partial charge in [-0.1, -0.05) is 0 Å². The molecule has 0 amide bonds. The van der Waals surface area contributed by atoms with Gasteiger partial charge in [0.25, 0.3) is 0 Å². The molecule has 1 aliphatic carbocycles. The van der Waals surface area contributed by atoms with E-state index in [1.54, 1.807) is 0 Å². The van der Waals surface area contributed by atoms with Crippen LogP contribution in [-0.4, -0.2) is 37.0 Å². The zero-order valence-corrected chi connectivity index (χ0v) is 11.0. The lowest BCUT2D eigenvalue weighted by Crippen LogP contribution is -2.02. The van der Waals surface area contributed by atoms with E-state index >= 15 is 0 Å². The topological polar surface area (TPSA) is 125 Å². The third-order valence-electron chi connectivity index (χ3n) is 2.56. The number of hydrogen-bond acceptors (Lipinski definition) is 7. The summed E-state index contributed by atoms with van der Waals surface area (Å²) in [7, 11) is -3.66. The van der Waals surface area contributed by atoms with Crippen LogP contribution < -0.4 is 5.48 Å². The normalized spacial score (nSPS) is 15.0. The molecule has 20 heavy (non-hydrogen) atoms. The first-order valence-electron chi connectivity index (χ1n) is 5.27. The van der Waals surface area contributed by atoms with Gasteiger partial charge in [0, 0.05) is 11.1 Å².